The average molecular weight is 476 g/mol. The lowest BCUT2D eigenvalue weighted by molar-refractivity contribution is 0.131. The average Bonchev–Trinajstić information content (AvgIpc) is 3.08. The quantitative estimate of drug-likeness (QED) is 0.557. The topological polar surface area (TPSA) is 45.6 Å². The second-order valence-corrected chi connectivity index (χ2v) is 10.3. The Morgan fingerprint density at radius 2 is 1.69 bits per heavy atom. The highest BCUT2D eigenvalue weighted by atomic mass is 79.9. The van der Waals surface area contributed by atoms with E-state index in [0.29, 0.717) is 10.4 Å². The molecule has 1 fully saturated rings. The minimum absolute atomic E-state index is 0.323. The van der Waals surface area contributed by atoms with Crippen LogP contribution in [0, 0.1) is 6.92 Å². The predicted molar refractivity (Wildman–Crippen MR) is 121 cm³/mol. The van der Waals surface area contributed by atoms with Crippen LogP contribution in [-0.2, 0) is 16.6 Å². The van der Waals surface area contributed by atoms with Gasteiger partial charge in [-0.15, -0.1) is 0 Å². The number of para-hydroxylation sites is 1. The number of fused-ring (bicyclic) bond motifs is 1. The van der Waals surface area contributed by atoms with E-state index in [1.165, 1.54) is 3.97 Å². The van der Waals surface area contributed by atoms with Crippen molar-refractivity contribution >= 4 is 36.9 Å². The summed E-state index contributed by atoms with van der Waals surface area (Å²) in [5, 5.41) is 0.960. The molecule has 1 aliphatic rings. The molecule has 4 rings (SSSR count). The zero-order valence-corrected chi connectivity index (χ0v) is 19.2. The minimum atomic E-state index is -3.67. The molecule has 0 aliphatic carbocycles. The van der Waals surface area contributed by atoms with E-state index in [0.717, 1.165) is 60.3 Å². The summed E-state index contributed by atoms with van der Waals surface area (Å²) in [4.78, 5) is 5.15. The molecule has 0 atom stereocenters. The van der Waals surface area contributed by atoms with Crippen LogP contribution in [0.2, 0.25) is 0 Å². The third-order valence-electron chi connectivity index (χ3n) is 5.76. The van der Waals surface area contributed by atoms with Gasteiger partial charge in [-0.25, -0.2) is 12.4 Å². The fourth-order valence-electron chi connectivity index (χ4n) is 3.96. The maximum atomic E-state index is 13.4. The Hall–Kier alpha value is -1.67. The summed E-state index contributed by atoms with van der Waals surface area (Å²) < 4.78 is 29.2. The molecular weight excluding hydrogens is 450 g/mol. The summed E-state index contributed by atoms with van der Waals surface area (Å²) in [5.41, 5.74) is 2.67. The molecule has 2 aromatic carbocycles. The summed E-state index contributed by atoms with van der Waals surface area (Å²) in [6.07, 6.45) is 1.71. The van der Waals surface area contributed by atoms with E-state index >= 15 is 0 Å². The third-order valence-corrected chi connectivity index (χ3v) is 8.20. The van der Waals surface area contributed by atoms with Crippen LogP contribution < -0.4 is 0 Å². The van der Waals surface area contributed by atoms with Crippen molar-refractivity contribution in [3.05, 3.63) is 64.3 Å². The number of hydrogen-bond acceptors (Lipinski definition) is 4. The van der Waals surface area contributed by atoms with Gasteiger partial charge in [-0.05, 0) is 48.9 Å². The molecule has 1 saturated heterocycles. The molecule has 0 amide bonds. The van der Waals surface area contributed by atoms with E-state index in [-0.39, 0.29) is 0 Å². The maximum absolute atomic E-state index is 13.4. The van der Waals surface area contributed by atoms with Crippen molar-refractivity contribution < 1.29 is 8.42 Å². The molecule has 154 valence electrons. The SMILES string of the molecule is CCN1CCN(Cc2cc(S(=O)(=O)n3cc(C)c4ccccc43)ccc2Br)CC1. The van der Waals surface area contributed by atoms with Crippen molar-refractivity contribution in [2.45, 2.75) is 25.3 Å². The molecule has 0 N–H and O–H groups in total. The molecule has 0 bridgehead atoms. The van der Waals surface area contributed by atoms with Crippen LogP contribution in [0.4, 0.5) is 0 Å². The second kappa shape index (κ2) is 8.22. The lowest BCUT2D eigenvalue weighted by Crippen LogP contribution is -2.45. The van der Waals surface area contributed by atoms with Crippen molar-refractivity contribution in [3.8, 4) is 0 Å². The van der Waals surface area contributed by atoms with Crippen LogP contribution in [0.5, 0.6) is 0 Å². The standard InChI is InChI=1S/C22H26BrN3O2S/c1-3-24-10-12-25(13-11-24)16-18-14-19(8-9-21(18)23)29(27,28)26-15-17(2)20-6-4-5-7-22(20)26/h4-9,14-15H,3,10-13,16H2,1-2H3. The smallest absolute Gasteiger partial charge is 0.268 e. The van der Waals surface area contributed by atoms with Crippen molar-refractivity contribution in [2.75, 3.05) is 32.7 Å². The largest absolute Gasteiger partial charge is 0.301 e. The predicted octanol–water partition coefficient (Wildman–Crippen LogP) is 4.09. The van der Waals surface area contributed by atoms with Crippen LogP contribution in [0.3, 0.4) is 0 Å². The minimum Gasteiger partial charge on any atom is -0.301 e. The summed E-state index contributed by atoms with van der Waals surface area (Å²) in [7, 11) is -3.67. The third kappa shape index (κ3) is 4.01. The van der Waals surface area contributed by atoms with Gasteiger partial charge >= 0.3 is 0 Å². The van der Waals surface area contributed by atoms with Crippen LogP contribution in [0.25, 0.3) is 10.9 Å². The van der Waals surface area contributed by atoms with Crippen LogP contribution in [0.1, 0.15) is 18.1 Å². The zero-order valence-electron chi connectivity index (χ0n) is 16.8. The van der Waals surface area contributed by atoms with Gasteiger partial charge in [-0.3, -0.25) is 4.90 Å². The van der Waals surface area contributed by atoms with Gasteiger partial charge in [0, 0.05) is 48.8 Å². The molecule has 1 aliphatic heterocycles. The van der Waals surface area contributed by atoms with Crippen molar-refractivity contribution in [1.82, 2.24) is 13.8 Å². The Kier molecular flexibility index (Phi) is 5.84. The molecule has 0 radical (unpaired) electrons. The first-order valence-electron chi connectivity index (χ1n) is 9.95. The van der Waals surface area contributed by atoms with E-state index in [1.807, 2.05) is 43.3 Å². The molecule has 29 heavy (non-hydrogen) atoms. The van der Waals surface area contributed by atoms with E-state index < -0.39 is 10.0 Å². The Bertz CT molecular complexity index is 1130. The van der Waals surface area contributed by atoms with Gasteiger partial charge in [0.2, 0.25) is 0 Å². The lowest BCUT2D eigenvalue weighted by atomic mass is 10.2. The number of benzene rings is 2. The number of aryl methyl sites for hydroxylation is 1. The second-order valence-electron chi connectivity index (χ2n) is 7.59. The van der Waals surface area contributed by atoms with Crippen molar-refractivity contribution in [1.29, 1.82) is 0 Å². The normalized spacial score (nSPS) is 16.5. The van der Waals surface area contributed by atoms with Gasteiger partial charge in [0.1, 0.15) is 0 Å². The number of likely N-dealkylation sites (N-methyl/N-ethyl adjacent to an activating group) is 1. The van der Waals surface area contributed by atoms with Crippen LogP contribution >= 0.6 is 15.9 Å². The summed E-state index contributed by atoms with van der Waals surface area (Å²) in [6, 6.07) is 13.0. The Morgan fingerprint density at radius 1 is 1.00 bits per heavy atom. The molecule has 1 aromatic heterocycles. The Balaban J connectivity index is 1.66. The zero-order chi connectivity index (χ0) is 20.6. The van der Waals surface area contributed by atoms with Crippen LogP contribution in [0.15, 0.2) is 58.0 Å². The number of hydrogen-bond donors (Lipinski definition) is 0. The highest BCUT2D eigenvalue weighted by Crippen LogP contribution is 2.28. The van der Waals surface area contributed by atoms with E-state index in [9.17, 15) is 8.42 Å². The molecule has 3 aromatic rings. The van der Waals surface area contributed by atoms with Gasteiger partial charge in [-0.2, -0.15) is 0 Å². The van der Waals surface area contributed by atoms with Gasteiger partial charge in [0.25, 0.3) is 10.0 Å². The molecular formula is C22H26BrN3O2S. The van der Waals surface area contributed by atoms with Crippen molar-refractivity contribution in [2.24, 2.45) is 0 Å². The Labute approximate surface area is 181 Å². The number of halogens is 1. The molecule has 5 nitrogen and oxygen atoms in total. The van der Waals surface area contributed by atoms with Gasteiger partial charge in [-0.1, -0.05) is 41.1 Å². The maximum Gasteiger partial charge on any atom is 0.268 e. The molecule has 0 saturated carbocycles. The number of rotatable bonds is 5. The number of aromatic nitrogens is 1. The highest BCUT2D eigenvalue weighted by molar-refractivity contribution is 9.10. The van der Waals surface area contributed by atoms with Crippen molar-refractivity contribution in [3.63, 3.8) is 0 Å². The summed E-state index contributed by atoms with van der Waals surface area (Å²) in [5.74, 6) is 0. The van der Waals surface area contributed by atoms with Gasteiger partial charge in [0.15, 0.2) is 0 Å². The lowest BCUT2D eigenvalue weighted by Gasteiger charge is -2.34. The van der Waals surface area contributed by atoms with E-state index in [2.05, 4.69) is 32.7 Å². The fourth-order valence-corrected chi connectivity index (χ4v) is 5.81. The number of piperazine rings is 1. The van der Waals surface area contributed by atoms with Gasteiger partial charge in [0.05, 0.1) is 10.4 Å². The Morgan fingerprint density at radius 3 is 2.41 bits per heavy atom. The van der Waals surface area contributed by atoms with E-state index in [4.69, 9.17) is 0 Å². The molecule has 0 unspecified atom stereocenters. The van der Waals surface area contributed by atoms with Crippen LogP contribution in [-0.4, -0.2) is 54.9 Å². The first-order valence-corrected chi connectivity index (χ1v) is 12.2. The first-order chi connectivity index (χ1) is 13.9. The summed E-state index contributed by atoms with van der Waals surface area (Å²) in [6.45, 7) is 10.1. The highest BCUT2D eigenvalue weighted by Gasteiger charge is 2.22. The van der Waals surface area contributed by atoms with Gasteiger partial charge < -0.3 is 4.90 Å². The number of nitrogens with zero attached hydrogens (tertiary/aromatic N) is 3. The molecule has 7 heteroatoms. The summed E-state index contributed by atoms with van der Waals surface area (Å²) >= 11 is 3.61. The first kappa shape index (κ1) is 20.6. The molecule has 2 heterocycles. The van der Waals surface area contributed by atoms with E-state index in [1.54, 1.807) is 12.3 Å². The fraction of sp³-hybridized carbons (Fsp3) is 0.364. The molecule has 0 spiro atoms. The monoisotopic (exact) mass is 475 g/mol.